The summed E-state index contributed by atoms with van der Waals surface area (Å²) >= 11 is 0. The summed E-state index contributed by atoms with van der Waals surface area (Å²) in [7, 11) is 0. The van der Waals surface area contributed by atoms with Crippen LogP contribution in [0.1, 0.15) is 12.5 Å². The molecule has 6 rings (SSSR count). The molecule has 6 aromatic carbocycles. The normalized spacial score (nSPS) is 10.5. The van der Waals surface area contributed by atoms with E-state index in [0.717, 1.165) is 51.3 Å². The van der Waals surface area contributed by atoms with E-state index in [9.17, 15) is 9.59 Å². The second-order valence-corrected chi connectivity index (χ2v) is 11.7. The minimum Gasteiger partial charge on any atom is -0.423 e. The molecule has 0 aromatic heterocycles. The largest absolute Gasteiger partial charge is 0.423 e. The number of hydrogen-bond donors (Lipinski definition) is 0. The smallest absolute Gasteiger partial charge is 0.338 e. The Morgan fingerprint density at radius 1 is 0.520 bits per heavy atom. The van der Waals surface area contributed by atoms with Crippen molar-refractivity contribution < 1.29 is 19.1 Å². The molecule has 0 N–H and O–H groups in total. The maximum atomic E-state index is 12.1. The highest BCUT2D eigenvalue weighted by molar-refractivity contribution is 5.89. The third-order valence-electron chi connectivity index (χ3n) is 8.02. The number of rotatable bonds is 11. The number of carbonyl (C=O) groups is 2. The van der Waals surface area contributed by atoms with Crippen molar-refractivity contribution in [2.24, 2.45) is 0 Å². The topological polar surface area (TPSA) is 59.1 Å². The molecule has 6 aromatic rings. The SMILES string of the molecule is C=CC(=O)Oc1ccc(N(c2ccc(OC(=O)C(=C)C)cc2)c2ccc(-c3ccc(N(c4ccccc4)c4ccc(C)cc4)cc3)cc2)cc1. The molecule has 0 spiro atoms. The van der Waals surface area contributed by atoms with E-state index in [1.807, 2.05) is 30.3 Å². The molecule has 246 valence electrons. The molecule has 0 saturated carbocycles. The Morgan fingerprint density at radius 3 is 1.28 bits per heavy atom. The number of para-hydroxylation sites is 1. The van der Waals surface area contributed by atoms with Gasteiger partial charge in [-0.2, -0.15) is 0 Å². The first-order chi connectivity index (χ1) is 24.3. The van der Waals surface area contributed by atoms with E-state index < -0.39 is 11.9 Å². The van der Waals surface area contributed by atoms with E-state index in [1.54, 1.807) is 31.2 Å². The van der Waals surface area contributed by atoms with Crippen molar-refractivity contribution >= 4 is 46.1 Å². The minimum atomic E-state index is -0.527. The lowest BCUT2D eigenvalue weighted by Crippen LogP contribution is -2.11. The zero-order chi connectivity index (χ0) is 35.0. The van der Waals surface area contributed by atoms with Crippen molar-refractivity contribution in [2.75, 3.05) is 9.80 Å². The predicted molar refractivity (Wildman–Crippen MR) is 202 cm³/mol. The molecule has 50 heavy (non-hydrogen) atoms. The number of esters is 2. The fourth-order valence-electron chi connectivity index (χ4n) is 5.45. The maximum Gasteiger partial charge on any atom is 0.338 e. The molecule has 0 aliphatic heterocycles. The second kappa shape index (κ2) is 15.0. The number of hydrogen-bond acceptors (Lipinski definition) is 6. The van der Waals surface area contributed by atoms with Gasteiger partial charge in [0.1, 0.15) is 11.5 Å². The highest BCUT2D eigenvalue weighted by Crippen LogP contribution is 2.39. The van der Waals surface area contributed by atoms with Gasteiger partial charge in [0.05, 0.1) is 0 Å². The molecule has 0 bridgehead atoms. The van der Waals surface area contributed by atoms with Crippen LogP contribution in [0.4, 0.5) is 34.1 Å². The van der Waals surface area contributed by atoms with Gasteiger partial charge in [0.15, 0.2) is 0 Å². The molecule has 0 fully saturated rings. The molecule has 0 aliphatic carbocycles. The number of benzene rings is 6. The molecule has 6 nitrogen and oxygen atoms in total. The highest BCUT2D eigenvalue weighted by atomic mass is 16.5. The summed E-state index contributed by atoms with van der Waals surface area (Å²) in [5, 5.41) is 0. The lowest BCUT2D eigenvalue weighted by molar-refractivity contribution is -0.130. The molecule has 0 amide bonds. The molecule has 0 unspecified atom stereocenters. The first kappa shape index (κ1) is 33.2. The van der Waals surface area contributed by atoms with Gasteiger partial charge in [-0.1, -0.05) is 73.3 Å². The van der Waals surface area contributed by atoms with Gasteiger partial charge in [-0.15, -0.1) is 0 Å². The van der Waals surface area contributed by atoms with Gasteiger partial charge in [-0.25, -0.2) is 9.59 Å². The van der Waals surface area contributed by atoms with Gasteiger partial charge >= 0.3 is 11.9 Å². The van der Waals surface area contributed by atoms with Crippen LogP contribution in [0.15, 0.2) is 176 Å². The van der Waals surface area contributed by atoms with Crippen molar-refractivity contribution in [3.63, 3.8) is 0 Å². The molecule has 0 radical (unpaired) electrons. The summed E-state index contributed by atoms with van der Waals surface area (Å²) in [6.45, 7) is 10.8. The fourth-order valence-corrected chi connectivity index (χ4v) is 5.45. The zero-order valence-electron chi connectivity index (χ0n) is 28.0. The summed E-state index contributed by atoms with van der Waals surface area (Å²) in [6.07, 6.45) is 1.13. The van der Waals surface area contributed by atoms with E-state index in [-0.39, 0.29) is 0 Å². The average Bonchev–Trinajstić information content (AvgIpc) is 3.15. The summed E-state index contributed by atoms with van der Waals surface area (Å²) < 4.78 is 10.7. The van der Waals surface area contributed by atoms with E-state index in [0.29, 0.717) is 17.1 Å². The average molecular weight is 657 g/mol. The molecule has 0 saturated heterocycles. The molecular weight excluding hydrogens is 620 g/mol. The van der Waals surface area contributed by atoms with Crippen molar-refractivity contribution in [1.29, 1.82) is 0 Å². The van der Waals surface area contributed by atoms with E-state index in [4.69, 9.17) is 9.47 Å². The fraction of sp³-hybridized carbons (Fsp3) is 0.0455. The van der Waals surface area contributed by atoms with Crippen LogP contribution in [-0.2, 0) is 9.59 Å². The lowest BCUT2D eigenvalue weighted by Gasteiger charge is -2.26. The first-order valence-electron chi connectivity index (χ1n) is 16.1. The third kappa shape index (κ3) is 7.72. The summed E-state index contributed by atoms with van der Waals surface area (Å²) in [5.41, 5.74) is 9.50. The standard InChI is InChI=1S/C44H36N2O4/c1-5-43(47)49-41-27-23-39(24-28-41)46(40-25-29-42(30-26-40)50-44(48)31(2)3)38-21-15-34(16-22-38)33-13-19-37(20-14-33)45(35-9-7-6-8-10-35)36-17-11-32(4)12-18-36/h5-30H,1-2H2,3-4H3. The number of carbonyl (C=O) groups excluding carboxylic acids is 2. The van der Waals surface area contributed by atoms with Gasteiger partial charge in [-0.05, 0) is 122 Å². The van der Waals surface area contributed by atoms with Crippen LogP contribution in [0.25, 0.3) is 11.1 Å². The Kier molecular flexibility index (Phi) is 10.0. The number of nitrogens with zero attached hydrogens (tertiary/aromatic N) is 2. The van der Waals surface area contributed by atoms with Crippen molar-refractivity contribution in [3.8, 4) is 22.6 Å². The zero-order valence-corrected chi connectivity index (χ0v) is 28.0. The van der Waals surface area contributed by atoms with Gasteiger partial charge in [0.25, 0.3) is 0 Å². The van der Waals surface area contributed by atoms with Crippen LogP contribution in [0, 0.1) is 6.92 Å². The molecule has 0 atom stereocenters. The van der Waals surface area contributed by atoms with Crippen LogP contribution in [0.3, 0.4) is 0 Å². The Balaban J connectivity index is 1.30. The molecular formula is C44H36N2O4. The number of aryl methyl sites for hydroxylation is 1. The molecule has 0 heterocycles. The van der Waals surface area contributed by atoms with Crippen LogP contribution in [0.5, 0.6) is 11.5 Å². The highest BCUT2D eigenvalue weighted by Gasteiger charge is 2.16. The Bertz CT molecular complexity index is 2100. The number of anilines is 6. The molecule has 0 aliphatic rings. The van der Waals surface area contributed by atoms with Crippen LogP contribution < -0.4 is 19.3 Å². The van der Waals surface area contributed by atoms with Crippen molar-refractivity contribution in [1.82, 2.24) is 0 Å². The predicted octanol–water partition coefficient (Wildman–Crippen LogP) is 11.2. The van der Waals surface area contributed by atoms with Gasteiger partial charge < -0.3 is 19.3 Å². The second-order valence-electron chi connectivity index (χ2n) is 11.7. The van der Waals surface area contributed by atoms with Crippen LogP contribution in [0.2, 0.25) is 0 Å². The summed E-state index contributed by atoms with van der Waals surface area (Å²) in [6, 6.07) is 50.2. The van der Waals surface area contributed by atoms with Crippen LogP contribution in [-0.4, -0.2) is 11.9 Å². The van der Waals surface area contributed by atoms with Crippen molar-refractivity contribution in [3.05, 3.63) is 182 Å². The van der Waals surface area contributed by atoms with E-state index in [1.165, 1.54) is 5.56 Å². The van der Waals surface area contributed by atoms with Gasteiger partial charge in [0, 0.05) is 45.8 Å². The quantitative estimate of drug-likeness (QED) is 0.0786. The Labute approximate surface area is 292 Å². The monoisotopic (exact) mass is 656 g/mol. The number of ether oxygens (including phenoxy) is 2. The first-order valence-corrected chi connectivity index (χ1v) is 16.1. The summed E-state index contributed by atoms with van der Waals surface area (Å²) in [4.78, 5) is 28.1. The van der Waals surface area contributed by atoms with E-state index in [2.05, 4.69) is 127 Å². The molecule has 6 heteroatoms. The Morgan fingerprint density at radius 2 is 0.880 bits per heavy atom. The van der Waals surface area contributed by atoms with Crippen LogP contribution >= 0.6 is 0 Å². The van der Waals surface area contributed by atoms with Gasteiger partial charge in [-0.3, -0.25) is 0 Å². The van der Waals surface area contributed by atoms with Gasteiger partial charge in [0.2, 0.25) is 0 Å². The minimum absolute atomic E-state index is 0.322. The maximum absolute atomic E-state index is 12.1. The Hall–Kier alpha value is -6.66. The lowest BCUT2D eigenvalue weighted by atomic mass is 10.0. The third-order valence-corrected chi connectivity index (χ3v) is 8.02. The van der Waals surface area contributed by atoms with Crippen molar-refractivity contribution in [2.45, 2.75) is 13.8 Å². The van der Waals surface area contributed by atoms with E-state index >= 15 is 0 Å². The summed E-state index contributed by atoms with van der Waals surface area (Å²) in [5.74, 6) is -0.181.